The van der Waals surface area contributed by atoms with Crippen LogP contribution in [0.2, 0.25) is 0 Å². The molecule has 0 aromatic heterocycles. The van der Waals surface area contributed by atoms with Crippen LogP contribution in [0.5, 0.6) is 11.5 Å². The Labute approximate surface area is 183 Å². The Morgan fingerprint density at radius 3 is 2.62 bits per heavy atom. The van der Waals surface area contributed by atoms with E-state index in [4.69, 9.17) is 15.0 Å². The molecule has 0 aliphatic rings. The fraction of sp³-hybridized carbons (Fsp3) is 0.222. The third-order valence-corrected chi connectivity index (χ3v) is 3.98. The first-order valence-electron chi connectivity index (χ1n) is 7.87. The molecule has 0 fully saturated rings. The first kappa shape index (κ1) is 23.0. The Bertz CT molecular complexity index is 701. The number of rotatable bonds is 10. The molecule has 0 bridgehead atoms. The summed E-state index contributed by atoms with van der Waals surface area (Å²) in [5.74, 6) is 5.81. The molecule has 3 N–H and O–H groups in total. The van der Waals surface area contributed by atoms with E-state index in [-0.39, 0.29) is 38.5 Å². The molecule has 0 spiro atoms. The van der Waals surface area contributed by atoms with Crippen molar-refractivity contribution in [2.75, 3.05) is 11.9 Å². The summed E-state index contributed by atoms with van der Waals surface area (Å²) < 4.78 is 10.8. The van der Waals surface area contributed by atoms with Gasteiger partial charge in [-0.2, -0.15) is 12.8 Å². The Morgan fingerprint density at radius 1 is 1.27 bits per heavy atom. The van der Waals surface area contributed by atoms with Crippen LogP contribution in [0.4, 0.5) is 5.69 Å². The predicted molar refractivity (Wildman–Crippen MR) is 98.3 cm³/mol. The molecule has 137 valence electrons. The van der Waals surface area contributed by atoms with Gasteiger partial charge in [0.1, 0.15) is 5.75 Å². The zero-order chi connectivity index (χ0) is 18.1. The summed E-state index contributed by atoms with van der Waals surface area (Å²) in [5, 5.41) is 3.30. The van der Waals surface area contributed by atoms with Gasteiger partial charge in [0.15, 0.2) is 5.75 Å². The van der Waals surface area contributed by atoms with Crippen LogP contribution in [0.1, 0.15) is 30.1 Å². The van der Waals surface area contributed by atoms with Crippen LogP contribution in [-0.2, 0) is 42.0 Å². The maximum Gasteiger partial charge on any atom is 0.163 e. The number of anilines is 1. The molecule has 8 heteroatoms. The van der Waals surface area contributed by atoms with Gasteiger partial charge < -0.3 is 14.8 Å². The number of carbonyl (C=O) groups is 1. The quantitative estimate of drug-likeness (QED) is 0.137. The third kappa shape index (κ3) is 6.91. The van der Waals surface area contributed by atoms with Gasteiger partial charge >= 0.3 is 0 Å². The van der Waals surface area contributed by atoms with E-state index in [9.17, 15) is 4.79 Å². The van der Waals surface area contributed by atoms with Crippen LogP contribution in [0.3, 0.4) is 0 Å². The molecule has 2 aromatic carbocycles. The van der Waals surface area contributed by atoms with Crippen molar-refractivity contribution >= 4 is 23.5 Å². The van der Waals surface area contributed by atoms with Crippen molar-refractivity contribution in [2.24, 2.45) is 5.90 Å². The van der Waals surface area contributed by atoms with E-state index in [0.29, 0.717) is 27.6 Å². The molecule has 2 aromatic rings. The molecule has 6 nitrogen and oxygen atoms in total. The third-order valence-electron chi connectivity index (χ3n) is 3.35. The molecule has 0 unspecified atom stereocenters. The van der Waals surface area contributed by atoms with Gasteiger partial charge in [0.05, 0.1) is 22.6 Å². The minimum atomic E-state index is -0.305. The second-order valence-electron chi connectivity index (χ2n) is 5.22. The number of carbonyl (C=O) groups excluding carboxylic acids is 1. The average molecular weight is 450 g/mol. The summed E-state index contributed by atoms with van der Waals surface area (Å²) in [5.41, 5.74) is 1.11. The number of ketones is 1. The Hall–Kier alpha value is -1.09. The topological polar surface area (TPSA) is 82.8 Å². The maximum atomic E-state index is 11.7. The van der Waals surface area contributed by atoms with Gasteiger partial charge in [-0.1, -0.05) is 31.5 Å². The van der Waals surface area contributed by atoms with Crippen molar-refractivity contribution in [3.63, 3.8) is 0 Å². The van der Waals surface area contributed by atoms with Gasteiger partial charge in [-0.3, -0.25) is 0 Å². The van der Waals surface area contributed by atoms with Crippen molar-refractivity contribution < 1.29 is 51.6 Å². The Kier molecular flexibility index (Phi) is 10.9. The SMILES string of the molecule is [CH2-]C(=O)c1cc(NCCCC)c(Oc2ccccc2)c(SOON)c1.[Y]. The number of unbranched alkanes of at least 4 members (excludes halogenated alkanes) is 1. The van der Waals surface area contributed by atoms with Gasteiger partial charge in [-0.15, -0.1) is 27.0 Å². The zero-order valence-corrected chi connectivity index (χ0v) is 18.2. The molecule has 0 aliphatic carbocycles. The van der Waals surface area contributed by atoms with Crippen molar-refractivity contribution in [1.29, 1.82) is 0 Å². The zero-order valence-electron chi connectivity index (χ0n) is 14.6. The van der Waals surface area contributed by atoms with Crippen molar-refractivity contribution in [3.8, 4) is 11.5 Å². The predicted octanol–water partition coefficient (Wildman–Crippen LogP) is 4.53. The first-order valence-corrected chi connectivity index (χ1v) is 8.61. The molecular formula is C18H21N2O4SY-. The smallest absolute Gasteiger partial charge is 0.163 e. The van der Waals surface area contributed by atoms with Gasteiger partial charge in [0.25, 0.3) is 0 Å². The Morgan fingerprint density at radius 2 is 2.00 bits per heavy atom. The van der Waals surface area contributed by atoms with Crippen molar-refractivity contribution in [2.45, 2.75) is 24.7 Å². The van der Waals surface area contributed by atoms with Gasteiger partial charge in [0.2, 0.25) is 0 Å². The van der Waals surface area contributed by atoms with Crippen molar-refractivity contribution in [3.05, 3.63) is 55.0 Å². The summed E-state index contributed by atoms with van der Waals surface area (Å²) in [7, 11) is 0. The normalized spacial score (nSPS) is 10.1. The molecule has 0 aliphatic heterocycles. The molecule has 0 saturated carbocycles. The van der Waals surface area contributed by atoms with E-state index in [0.717, 1.165) is 31.4 Å². The van der Waals surface area contributed by atoms with Gasteiger partial charge in [0, 0.05) is 45.0 Å². The second-order valence-corrected chi connectivity index (χ2v) is 5.96. The number of nitrogens with one attached hydrogen (secondary N) is 1. The number of para-hydroxylation sites is 1. The molecule has 0 amide bonds. The molecule has 0 atom stereocenters. The van der Waals surface area contributed by atoms with E-state index in [1.807, 2.05) is 30.3 Å². The number of benzene rings is 2. The monoisotopic (exact) mass is 450 g/mol. The van der Waals surface area contributed by atoms with Crippen LogP contribution in [0, 0.1) is 6.92 Å². The minimum Gasteiger partial charge on any atom is -0.454 e. The molecule has 26 heavy (non-hydrogen) atoms. The number of hydrogen-bond donors (Lipinski definition) is 2. The summed E-state index contributed by atoms with van der Waals surface area (Å²) in [6.45, 7) is 6.32. The summed E-state index contributed by atoms with van der Waals surface area (Å²) in [6.07, 6.45) is 2.03. The van der Waals surface area contributed by atoms with Crippen LogP contribution in [0.15, 0.2) is 47.4 Å². The number of nitrogens with two attached hydrogens (primary N) is 1. The molecule has 0 heterocycles. The van der Waals surface area contributed by atoms with E-state index < -0.39 is 0 Å². The first-order chi connectivity index (χ1) is 12.2. The summed E-state index contributed by atoms with van der Waals surface area (Å²) in [6, 6.07) is 12.7. The molecule has 2 rings (SSSR count). The Balaban J connectivity index is 0.00000338. The summed E-state index contributed by atoms with van der Waals surface area (Å²) in [4.78, 5) is 16.5. The number of ether oxygens (including phenoxy) is 1. The second kappa shape index (κ2) is 12.3. The molecule has 1 radical (unpaired) electrons. The van der Waals surface area contributed by atoms with E-state index in [1.165, 1.54) is 0 Å². The maximum absolute atomic E-state index is 11.7. The van der Waals surface area contributed by atoms with E-state index >= 15 is 0 Å². The largest absolute Gasteiger partial charge is 0.454 e. The van der Waals surface area contributed by atoms with Crippen molar-refractivity contribution in [1.82, 2.24) is 0 Å². The fourth-order valence-corrected chi connectivity index (χ4v) is 2.64. The average Bonchev–Trinajstić information content (AvgIpc) is 2.62. The summed E-state index contributed by atoms with van der Waals surface area (Å²) >= 11 is 0.859. The standard InChI is InChI=1S/C18H21N2O4S.Y/c1-3-4-10-20-16-11-14(13(2)21)12-17(25-24-23-19)18(16)22-15-8-6-5-7-9-15;/h5-9,11-12,20H,2-4,10,19H2,1H3;/q-1;. The van der Waals surface area contributed by atoms with Gasteiger partial charge in [-0.05, 0) is 18.6 Å². The van der Waals surface area contributed by atoms with Gasteiger partial charge in [-0.25, -0.2) is 0 Å². The van der Waals surface area contributed by atoms with Crippen LogP contribution in [0.25, 0.3) is 0 Å². The van der Waals surface area contributed by atoms with Crippen LogP contribution < -0.4 is 16.0 Å². The fourth-order valence-electron chi connectivity index (χ4n) is 2.12. The van der Waals surface area contributed by atoms with E-state index in [2.05, 4.69) is 24.2 Å². The molecule has 0 saturated heterocycles. The molecular weight excluding hydrogens is 429 g/mol. The number of hydrogen-bond acceptors (Lipinski definition) is 7. The minimum absolute atomic E-state index is 0. The van der Waals surface area contributed by atoms with Crippen LogP contribution in [-0.4, -0.2) is 12.3 Å². The van der Waals surface area contributed by atoms with E-state index in [1.54, 1.807) is 12.1 Å². The van der Waals surface area contributed by atoms with Crippen LogP contribution >= 0.6 is 12.0 Å². The number of Topliss-reactive ketones (excluding diaryl/α,β-unsaturated/α-hetero) is 1.